The number of thiophene rings is 1. The lowest BCUT2D eigenvalue weighted by Crippen LogP contribution is -2.26. The normalized spacial score (nSPS) is 13.6. The molecule has 2 heterocycles. The summed E-state index contributed by atoms with van der Waals surface area (Å²) in [5, 5.41) is 21.1. The second kappa shape index (κ2) is 11.1. The molecule has 4 N–H and O–H groups in total. The molecule has 0 atom stereocenters. The highest BCUT2D eigenvalue weighted by Gasteiger charge is 2.37. The number of anilines is 1. The first kappa shape index (κ1) is 25.2. The molecule has 3 rings (SSSR count). The number of aliphatic hydroxyl groups excluding tert-OH is 1. The topological polar surface area (TPSA) is 108 Å². The maximum absolute atomic E-state index is 13.4. The standard InChI is InChI=1S/C21H28F3N5O3S/c1-2-26-19(32)17-14-6-3-4-7-15(14)33-20(17)27-16(31)12-29-11-13(10-25-8-5-9-30)18(28-29)21(22,23)24/h11,25,30H,2-10,12H2,1H3,(H,26,32)(H,27,31). The number of hydrogen-bond donors (Lipinski definition) is 4. The number of hydrogen-bond acceptors (Lipinski definition) is 6. The zero-order valence-electron chi connectivity index (χ0n) is 18.3. The average molecular weight is 488 g/mol. The summed E-state index contributed by atoms with van der Waals surface area (Å²) in [6, 6.07) is 0. The van der Waals surface area contributed by atoms with Crippen LogP contribution < -0.4 is 16.0 Å². The smallest absolute Gasteiger partial charge is 0.396 e. The molecule has 33 heavy (non-hydrogen) atoms. The summed E-state index contributed by atoms with van der Waals surface area (Å²) in [6.07, 6.45) is 0.519. The number of nitrogens with one attached hydrogen (secondary N) is 3. The van der Waals surface area contributed by atoms with E-state index in [0.29, 0.717) is 30.1 Å². The van der Waals surface area contributed by atoms with E-state index in [1.54, 1.807) is 6.92 Å². The number of carbonyl (C=O) groups is 2. The summed E-state index contributed by atoms with van der Waals surface area (Å²) in [7, 11) is 0. The van der Waals surface area contributed by atoms with Gasteiger partial charge in [0.15, 0.2) is 5.69 Å². The molecule has 0 radical (unpaired) electrons. The largest absolute Gasteiger partial charge is 0.435 e. The number of aliphatic hydroxyl groups is 1. The molecule has 0 unspecified atom stereocenters. The Hall–Kier alpha value is -2.44. The number of nitrogens with zero attached hydrogens (tertiary/aromatic N) is 2. The predicted octanol–water partition coefficient (Wildman–Crippen LogP) is 2.70. The Morgan fingerprint density at radius 3 is 2.73 bits per heavy atom. The molecule has 8 nitrogen and oxygen atoms in total. The summed E-state index contributed by atoms with van der Waals surface area (Å²) in [5.41, 5.74) is 0.265. The highest BCUT2D eigenvalue weighted by molar-refractivity contribution is 7.17. The molecule has 0 bridgehead atoms. The van der Waals surface area contributed by atoms with Gasteiger partial charge in [-0.1, -0.05) is 0 Å². The Kier molecular flexibility index (Phi) is 8.49. The zero-order chi connectivity index (χ0) is 24.0. The van der Waals surface area contributed by atoms with Crippen LogP contribution in [-0.4, -0.2) is 46.4 Å². The Morgan fingerprint density at radius 2 is 2.03 bits per heavy atom. The molecule has 0 saturated heterocycles. The van der Waals surface area contributed by atoms with Gasteiger partial charge in [0.1, 0.15) is 11.5 Å². The van der Waals surface area contributed by atoms with Crippen LogP contribution in [0, 0.1) is 0 Å². The predicted molar refractivity (Wildman–Crippen MR) is 118 cm³/mol. The molecule has 1 aliphatic carbocycles. The van der Waals surface area contributed by atoms with Crippen LogP contribution in [0.25, 0.3) is 0 Å². The van der Waals surface area contributed by atoms with Gasteiger partial charge < -0.3 is 21.1 Å². The molecule has 1 aliphatic rings. The third kappa shape index (κ3) is 6.33. The van der Waals surface area contributed by atoms with Gasteiger partial charge in [-0.15, -0.1) is 11.3 Å². The number of halogens is 3. The Labute approximate surface area is 193 Å². The fraction of sp³-hybridized carbons (Fsp3) is 0.571. The minimum Gasteiger partial charge on any atom is -0.396 e. The molecular formula is C21H28F3N5O3S. The molecular weight excluding hydrogens is 459 g/mol. The van der Waals surface area contributed by atoms with Gasteiger partial charge in [-0.2, -0.15) is 18.3 Å². The van der Waals surface area contributed by atoms with Gasteiger partial charge in [0.2, 0.25) is 5.91 Å². The van der Waals surface area contributed by atoms with Crippen LogP contribution in [0.3, 0.4) is 0 Å². The molecule has 0 saturated carbocycles. The maximum atomic E-state index is 13.4. The van der Waals surface area contributed by atoms with Crippen LogP contribution in [0.15, 0.2) is 6.20 Å². The van der Waals surface area contributed by atoms with Crippen LogP contribution in [0.2, 0.25) is 0 Å². The van der Waals surface area contributed by atoms with Crippen LogP contribution >= 0.6 is 11.3 Å². The van der Waals surface area contributed by atoms with E-state index in [0.717, 1.165) is 40.8 Å². The van der Waals surface area contributed by atoms with Crippen LogP contribution in [0.5, 0.6) is 0 Å². The van der Waals surface area contributed by atoms with E-state index >= 15 is 0 Å². The second-order valence-corrected chi connectivity index (χ2v) is 8.88. The number of rotatable bonds is 10. The molecule has 0 aliphatic heterocycles. The number of carbonyl (C=O) groups excluding carboxylic acids is 2. The highest BCUT2D eigenvalue weighted by Crippen LogP contribution is 2.38. The minimum atomic E-state index is -4.66. The van der Waals surface area contributed by atoms with Gasteiger partial charge in [-0.05, 0) is 51.1 Å². The monoisotopic (exact) mass is 487 g/mol. The molecule has 2 aromatic rings. The van der Waals surface area contributed by atoms with E-state index in [1.807, 2.05) is 0 Å². The molecule has 0 aromatic carbocycles. The summed E-state index contributed by atoms with van der Waals surface area (Å²) in [4.78, 5) is 26.4. The maximum Gasteiger partial charge on any atom is 0.435 e. The number of amides is 2. The van der Waals surface area contributed by atoms with Gasteiger partial charge in [-0.3, -0.25) is 14.3 Å². The van der Waals surface area contributed by atoms with Crippen molar-refractivity contribution in [1.82, 2.24) is 20.4 Å². The van der Waals surface area contributed by atoms with E-state index in [9.17, 15) is 22.8 Å². The summed E-state index contributed by atoms with van der Waals surface area (Å²) < 4.78 is 41.1. The number of alkyl halides is 3. The van der Waals surface area contributed by atoms with E-state index in [-0.39, 0.29) is 24.6 Å². The van der Waals surface area contributed by atoms with E-state index in [2.05, 4.69) is 21.0 Å². The minimum absolute atomic E-state index is 0.0665. The molecule has 2 amide bonds. The van der Waals surface area contributed by atoms with Crippen LogP contribution in [0.1, 0.15) is 58.2 Å². The Balaban J connectivity index is 1.76. The van der Waals surface area contributed by atoms with Crippen molar-refractivity contribution in [1.29, 1.82) is 0 Å². The van der Waals surface area contributed by atoms with E-state index in [1.165, 1.54) is 17.5 Å². The van der Waals surface area contributed by atoms with Crippen molar-refractivity contribution in [3.05, 3.63) is 33.5 Å². The molecule has 0 fully saturated rings. The molecule has 0 spiro atoms. The molecule has 12 heteroatoms. The lowest BCUT2D eigenvalue weighted by atomic mass is 9.95. The van der Waals surface area contributed by atoms with Crippen molar-refractivity contribution in [2.24, 2.45) is 0 Å². The molecule has 182 valence electrons. The SMILES string of the molecule is CCNC(=O)c1c(NC(=O)Cn2cc(CNCCCO)c(C(F)(F)F)n2)sc2c1CCCC2. The first-order chi connectivity index (χ1) is 15.7. The van der Waals surface area contributed by atoms with Gasteiger partial charge in [-0.25, -0.2) is 0 Å². The van der Waals surface area contributed by atoms with Crippen LogP contribution in [-0.2, 0) is 36.9 Å². The zero-order valence-corrected chi connectivity index (χ0v) is 19.2. The summed E-state index contributed by atoms with van der Waals surface area (Å²) >= 11 is 1.35. The van der Waals surface area contributed by atoms with Crippen molar-refractivity contribution in [3.63, 3.8) is 0 Å². The van der Waals surface area contributed by atoms with E-state index in [4.69, 9.17) is 5.11 Å². The number of aromatic nitrogens is 2. The van der Waals surface area contributed by atoms with Crippen LogP contribution in [0.4, 0.5) is 18.2 Å². The van der Waals surface area contributed by atoms with Gasteiger partial charge in [0, 0.05) is 36.3 Å². The Bertz CT molecular complexity index is 987. The van der Waals surface area contributed by atoms with Crippen molar-refractivity contribution >= 4 is 28.2 Å². The van der Waals surface area contributed by atoms with Crippen molar-refractivity contribution in [2.45, 2.75) is 58.3 Å². The second-order valence-electron chi connectivity index (χ2n) is 7.77. The fourth-order valence-electron chi connectivity index (χ4n) is 3.80. The molecule has 2 aromatic heterocycles. The summed E-state index contributed by atoms with van der Waals surface area (Å²) in [6.45, 7) is 2.03. The Morgan fingerprint density at radius 1 is 1.27 bits per heavy atom. The first-order valence-corrected chi connectivity index (χ1v) is 11.7. The lowest BCUT2D eigenvalue weighted by molar-refractivity contribution is -0.142. The van der Waals surface area contributed by atoms with Gasteiger partial charge >= 0.3 is 6.18 Å². The van der Waals surface area contributed by atoms with E-state index < -0.39 is 24.3 Å². The lowest BCUT2D eigenvalue weighted by Gasteiger charge is -2.12. The first-order valence-electron chi connectivity index (χ1n) is 10.9. The highest BCUT2D eigenvalue weighted by atomic mass is 32.1. The number of fused-ring (bicyclic) bond motifs is 1. The quantitative estimate of drug-likeness (QED) is 0.386. The average Bonchev–Trinajstić information content (AvgIpc) is 3.32. The number of aryl methyl sites for hydroxylation is 1. The van der Waals surface area contributed by atoms with Crippen molar-refractivity contribution in [2.75, 3.05) is 25.0 Å². The van der Waals surface area contributed by atoms with Crippen molar-refractivity contribution in [3.8, 4) is 0 Å². The third-order valence-electron chi connectivity index (χ3n) is 5.23. The third-order valence-corrected chi connectivity index (χ3v) is 6.43. The van der Waals surface area contributed by atoms with Gasteiger partial charge in [0.05, 0.1) is 5.56 Å². The summed E-state index contributed by atoms with van der Waals surface area (Å²) in [5.74, 6) is -0.822. The van der Waals surface area contributed by atoms with Gasteiger partial charge in [0.25, 0.3) is 5.91 Å². The fourth-order valence-corrected chi connectivity index (χ4v) is 5.10. The van der Waals surface area contributed by atoms with Crippen molar-refractivity contribution < 1.29 is 27.9 Å².